The van der Waals surface area contributed by atoms with Crippen molar-refractivity contribution in [3.05, 3.63) is 52.5 Å². The highest BCUT2D eigenvalue weighted by Crippen LogP contribution is 2.33. The molecule has 33 heavy (non-hydrogen) atoms. The third kappa shape index (κ3) is 6.37. The molecule has 1 fully saturated rings. The van der Waals surface area contributed by atoms with Crippen molar-refractivity contribution in [3.8, 4) is 5.75 Å². The van der Waals surface area contributed by atoms with Gasteiger partial charge in [-0.3, -0.25) is 14.6 Å². The molecule has 2 heterocycles. The highest BCUT2D eigenvalue weighted by molar-refractivity contribution is 7.22. The van der Waals surface area contributed by atoms with Crippen LogP contribution in [0.4, 0.5) is 5.13 Å². The normalized spacial score (nSPS) is 14.3. The number of fused-ring (bicyclic) bond motifs is 1. The zero-order valence-electron chi connectivity index (χ0n) is 19.0. The molecule has 0 atom stereocenters. The van der Waals surface area contributed by atoms with E-state index in [1.807, 2.05) is 57.2 Å². The summed E-state index contributed by atoms with van der Waals surface area (Å²) in [6.07, 6.45) is 0.0828. The van der Waals surface area contributed by atoms with E-state index < -0.39 is 0 Å². The summed E-state index contributed by atoms with van der Waals surface area (Å²) in [7, 11) is 0. The summed E-state index contributed by atoms with van der Waals surface area (Å²) in [4.78, 5) is 22.5. The largest absolute Gasteiger partial charge is 0.491 e. The molecule has 2 aromatic carbocycles. The minimum absolute atomic E-state index is 0. The fourth-order valence-corrected chi connectivity index (χ4v) is 5.16. The van der Waals surface area contributed by atoms with Gasteiger partial charge in [0.1, 0.15) is 5.75 Å². The van der Waals surface area contributed by atoms with E-state index >= 15 is 0 Å². The van der Waals surface area contributed by atoms with Gasteiger partial charge in [-0.05, 0) is 62.7 Å². The van der Waals surface area contributed by atoms with Crippen LogP contribution in [0.25, 0.3) is 10.2 Å². The first-order valence-electron chi connectivity index (χ1n) is 10.9. The molecule has 1 aromatic heterocycles. The van der Waals surface area contributed by atoms with Crippen LogP contribution in [-0.4, -0.2) is 61.3 Å². The quantitative estimate of drug-likeness (QED) is 0.424. The maximum atomic E-state index is 13.6. The average molecular weight is 510 g/mol. The van der Waals surface area contributed by atoms with E-state index in [1.165, 1.54) is 11.3 Å². The molecule has 0 aliphatic carbocycles. The monoisotopic (exact) mass is 509 g/mol. The van der Waals surface area contributed by atoms with Gasteiger partial charge >= 0.3 is 0 Å². The number of hydrogen-bond acceptors (Lipinski definition) is 6. The van der Waals surface area contributed by atoms with E-state index in [4.69, 9.17) is 26.1 Å². The summed E-state index contributed by atoms with van der Waals surface area (Å²) >= 11 is 7.75. The fourth-order valence-electron chi connectivity index (χ4n) is 3.71. The summed E-state index contributed by atoms with van der Waals surface area (Å²) in [6.45, 7) is 10.5. The zero-order chi connectivity index (χ0) is 22.7. The predicted molar refractivity (Wildman–Crippen MR) is 138 cm³/mol. The van der Waals surface area contributed by atoms with E-state index in [9.17, 15) is 4.79 Å². The summed E-state index contributed by atoms with van der Waals surface area (Å²) < 4.78 is 12.2. The first-order valence-corrected chi connectivity index (χ1v) is 12.1. The van der Waals surface area contributed by atoms with Gasteiger partial charge in [-0.2, -0.15) is 0 Å². The van der Waals surface area contributed by atoms with Gasteiger partial charge in [-0.15, -0.1) is 12.4 Å². The molecule has 0 radical (unpaired) electrons. The molecule has 0 unspecified atom stereocenters. The first kappa shape index (κ1) is 25.7. The number of anilines is 1. The fraction of sp³-hybridized carbons (Fsp3) is 0.417. The van der Waals surface area contributed by atoms with Crippen molar-refractivity contribution in [2.24, 2.45) is 0 Å². The van der Waals surface area contributed by atoms with E-state index in [0.29, 0.717) is 22.3 Å². The Hall–Kier alpha value is -1.90. The van der Waals surface area contributed by atoms with E-state index in [2.05, 4.69) is 4.90 Å². The number of aromatic nitrogens is 1. The number of nitrogens with zero attached hydrogens (tertiary/aromatic N) is 3. The zero-order valence-corrected chi connectivity index (χ0v) is 21.4. The summed E-state index contributed by atoms with van der Waals surface area (Å²) in [5.41, 5.74) is 2.50. The Kier molecular flexibility index (Phi) is 8.95. The van der Waals surface area contributed by atoms with Crippen LogP contribution in [-0.2, 0) is 4.74 Å². The number of morpholine rings is 1. The molecule has 178 valence electrons. The van der Waals surface area contributed by atoms with Crippen LogP contribution in [0.5, 0.6) is 5.75 Å². The summed E-state index contributed by atoms with van der Waals surface area (Å²) in [5, 5.41) is 1.36. The Labute approximate surface area is 209 Å². The number of carbonyl (C=O) groups is 1. The number of amides is 1. The van der Waals surface area contributed by atoms with Crippen molar-refractivity contribution < 1.29 is 14.3 Å². The van der Waals surface area contributed by atoms with Crippen LogP contribution >= 0.6 is 35.3 Å². The average Bonchev–Trinajstić information content (AvgIpc) is 3.18. The van der Waals surface area contributed by atoms with Crippen molar-refractivity contribution >= 4 is 56.6 Å². The smallest absolute Gasteiger partial charge is 0.260 e. The SMILES string of the molecule is Cc1cc(Cl)cc2sc(N(CCN3CCOCC3)C(=O)c3ccc(OC(C)C)cc3)nc12.Cl. The van der Waals surface area contributed by atoms with Crippen molar-refractivity contribution in [2.45, 2.75) is 26.9 Å². The van der Waals surface area contributed by atoms with Gasteiger partial charge in [0, 0.05) is 36.8 Å². The Morgan fingerprint density at radius 2 is 1.94 bits per heavy atom. The maximum absolute atomic E-state index is 13.6. The molecule has 3 aromatic rings. The number of ether oxygens (including phenoxy) is 2. The summed E-state index contributed by atoms with van der Waals surface area (Å²) in [5.74, 6) is 0.679. The van der Waals surface area contributed by atoms with Gasteiger partial charge in [0.2, 0.25) is 0 Å². The van der Waals surface area contributed by atoms with Crippen LogP contribution in [0.3, 0.4) is 0 Å². The number of halogens is 2. The molecule has 1 amide bonds. The first-order chi connectivity index (χ1) is 15.4. The number of benzene rings is 2. The Balaban J connectivity index is 0.00000306. The topological polar surface area (TPSA) is 54.9 Å². The van der Waals surface area contributed by atoms with Gasteiger partial charge in [0.25, 0.3) is 5.91 Å². The molecular weight excluding hydrogens is 481 g/mol. The number of rotatable bonds is 7. The number of carbonyl (C=O) groups excluding carboxylic acids is 1. The van der Waals surface area contributed by atoms with Crippen LogP contribution in [0.2, 0.25) is 5.02 Å². The Morgan fingerprint density at radius 1 is 1.24 bits per heavy atom. The molecule has 6 nitrogen and oxygen atoms in total. The van der Waals surface area contributed by atoms with Crippen LogP contribution in [0.15, 0.2) is 36.4 Å². The Morgan fingerprint density at radius 3 is 2.61 bits per heavy atom. The molecule has 4 rings (SSSR count). The van der Waals surface area contributed by atoms with Crippen molar-refractivity contribution in [2.75, 3.05) is 44.3 Å². The van der Waals surface area contributed by atoms with E-state index in [0.717, 1.165) is 54.4 Å². The van der Waals surface area contributed by atoms with Gasteiger partial charge in [-0.1, -0.05) is 22.9 Å². The van der Waals surface area contributed by atoms with Crippen molar-refractivity contribution in [1.82, 2.24) is 9.88 Å². The maximum Gasteiger partial charge on any atom is 0.260 e. The van der Waals surface area contributed by atoms with E-state index in [1.54, 1.807) is 4.90 Å². The molecule has 1 aliphatic rings. The predicted octanol–water partition coefficient (Wildman–Crippen LogP) is 5.45. The molecule has 1 aliphatic heterocycles. The van der Waals surface area contributed by atoms with Crippen LogP contribution < -0.4 is 9.64 Å². The highest BCUT2D eigenvalue weighted by Gasteiger charge is 2.23. The van der Waals surface area contributed by atoms with Gasteiger partial charge in [0.15, 0.2) is 5.13 Å². The minimum atomic E-state index is -0.0721. The molecule has 0 spiro atoms. The van der Waals surface area contributed by atoms with Crippen molar-refractivity contribution in [1.29, 1.82) is 0 Å². The van der Waals surface area contributed by atoms with Gasteiger partial charge in [-0.25, -0.2) is 4.98 Å². The second-order valence-electron chi connectivity index (χ2n) is 8.17. The lowest BCUT2D eigenvalue weighted by atomic mass is 10.2. The summed E-state index contributed by atoms with van der Waals surface area (Å²) in [6, 6.07) is 11.1. The third-order valence-corrected chi connectivity index (χ3v) is 6.58. The van der Waals surface area contributed by atoms with Gasteiger partial charge < -0.3 is 9.47 Å². The second-order valence-corrected chi connectivity index (χ2v) is 9.61. The standard InChI is InChI=1S/C24H28ClN3O3S.ClH/c1-16(2)31-20-6-4-18(5-7-20)23(29)28(9-8-27-10-12-30-13-11-27)24-26-22-17(3)14-19(25)15-21(22)32-24;/h4-7,14-16H,8-13H2,1-3H3;1H. The lowest BCUT2D eigenvalue weighted by Crippen LogP contribution is -2.43. The molecule has 0 N–H and O–H groups in total. The number of hydrogen-bond donors (Lipinski definition) is 0. The van der Waals surface area contributed by atoms with Gasteiger partial charge in [0.05, 0.1) is 29.5 Å². The number of aryl methyl sites for hydroxylation is 1. The lowest BCUT2D eigenvalue weighted by molar-refractivity contribution is 0.0391. The highest BCUT2D eigenvalue weighted by atomic mass is 35.5. The molecule has 0 saturated carbocycles. The Bertz CT molecular complexity index is 1080. The van der Waals surface area contributed by atoms with Crippen LogP contribution in [0.1, 0.15) is 29.8 Å². The molecular formula is C24H29Cl2N3O3S. The van der Waals surface area contributed by atoms with E-state index in [-0.39, 0.29) is 24.4 Å². The molecule has 9 heteroatoms. The minimum Gasteiger partial charge on any atom is -0.491 e. The van der Waals surface area contributed by atoms with Crippen LogP contribution in [0, 0.1) is 6.92 Å². The molecule has 1 saturated heterocycles. The second kappa shape index (κ2) is 11.5. The molecule has 0 bridgehead atoms. The lowest BCUT2D eigenvalue weighted by Gasteiger charge is -2.29. The van der Waals surface area contributed by atoms with Crippen molar-refractivity contribution in [3.63, 3.8) is 0 Å². The number of thiazole rings is 1. The third-order valence-electron chi connectivity index (χ3n) is 5.33.